The van der Waals surface area contributed by atoms with Gasteiger partial charge in [0.2, 0.25) is 0 Å². The van der Waals surface area contributed by atoms with Gasteiger partial charge in [0.25, 0.3) is 0 Å². The van der Waals surface area contributed by atoms with Crippen LogP contribution in [0.1, 0.15) is 43.9 Å². The Hall–Kier alpha value is -1.14. The number of ether oxygens (including phenoxy) is 1. The summed E-state index contributed by atoms with van der Waals surface area (Å²) in [5.74, 6) is -1.25. The number of alkyl halides is 3. The van der Waals surface area contributed by atoms with Gasteiger partial charge in [0, 0.05) is 13.2 Å². The maximum atomic E-state index is 13.3. The highest BCUT2D eigenvalue weighted by Gasteiger charge is 2.34. The summed E-state index contributed by atoms with van der Waals surface area (Å²) >= 11 is 0. The van der Waals surface area contributed by atoms with Gasteiger partial charge in [0.15, 0.2) is 0 Å². The zero-order chi connectivity index (χ0) is 16.0. The molecule has 0 aliphatic carbocycles. The highest BCUT2D eigenvalue weighted by molar-refractivity contribution is 5.29. The third-order valence-corrected chi connectivity index (χ3v) is 3.31. The Kier molecular flexibility index (Phi) is 6.61. The van der Waals surface area contributed by atoms with Crippen LogP contribution in [0.15, 0.2) is 18.2 Å². The lowest BCUT2D eigenvalue weighted by Gasteiger charge is -2.23. The fourth-order valence-corrected chi connectivity index (χ4v) is 2.06. The number of halogens is 4. The number of benzene rings is 1. The summed E-state index contributed by atoms with van der Waals surface area (Å²) < 4.78 is 56.9. The summed E-state index contributed by atoms with van der Waals surface area (Å²) in [6.07, 6.45) is -3.44. The molecule has 6 heteroatoms. The molecule has 0 saturated carbocycles. The highest BCUT2D eigenvalue weighted by atomic mass is 19.4. The third kappa shape index (κ3) is 5.28. The van der Waals surface area contributed by atoms with Gasteiger partial charge in [-0.2, -0.15) is 13.2 Å². The molecule has 1 N–H and O–H groups in total. The Labute approximate surface area is 122 Å². The van der Waals surface area contributed by atoms with E-state index in [1.165, 1.54) is 6.07 Å². The maximum Gasteiger partial charge on any atom is 0.419 e. The van der Waals surface area contributed by atoms with E-state index < -0.39 is 17.6 Å². The third-order valence-electron chi connectivity index (χ3n) is 3.31. The van der Waals surface area contributed by atoms with E-state index in [-0.39, 0.29) is 12.1 Å². The molecule has 1 rings (SSSR count). The molecule has 2 atom stereocenters. The van der Waals surface area contributed by atoms with Crippen LogP contribution in [0, 0.1) is 5.82 Å². The van der Waals surface area contributed by atoms with Crippen LogP contribution in [0.5, 0.6) is 0 Å². The van der Waals surface area contributed by atoms with Gasteiger partial charge in [-0.3, -0.25) is 0 Å². The van der Waals surface area contributed by atoms with Gasteiger partial charge in [-0.15, -0.1) is 0 Å². The SMILES string of the molecule is CCCNC(CC(C)OC)c1ccc(F)c(C(F)(F)F)c1. The van der Waals surface area contributed by atoms with Crippen LogP contribution in [0.2, 0.25) is 0 Å². The quantitative estimate of drug-likeness (QED) is 0.758. The van der Waals surface area contributed by atoms with Gasteiger partial charge in [0.05, 0.1) is 11.7 Å². The standard InChI is InChI=1S/C15H21F4NO/c1-4-7-20-14(8-10(2)21-3)11-5-6-13(16)12(9-11)15(17,18)19/h5-6,9-10,14,20H,4,7-8H2,1-3H3. The lowest BCUT2D eigenvalue weighted by Crippen LogP contribution is -2.26. The van der Waals surface area contributed by atoms with E-state index in [0.717, 1.165) is 18.6 Å². The molecular weight excluding hydrogens is 286 g/mol. The van der Waals surface area contributed by atoms with E-state index >= 15 is 0 Å². The first-order valence-corrected chi connectivity index (χ1v) is 6.92. The second-order valence-electron chi connectivity index (χ2n) is 5.03. The Morgan fingerprint density at radius 3 is 2.48 bits per heavy atom. The van der Waals surface area contributed by atoms with Crippen molar-refractivity contribution in [1.29, 1.82) is 0 Å². The van der Waals surface area contributed by atoms with Crippen molar-refractivity contribution in [3.8, 4) is 0 Å². The lowest BCUT2D eigenvalue weighted by molar-refractivity contribution is -0.140. The molecule has 21 heavy (non-hydrogen) atoms. The maximum absolute atomic E-state index is 13.3. The minimum Gasteiger partial charge on any atom is -0.382 e. The molecule has 0 amide bonds. The molecule has 0 fully saturated rings. The Bertz CT molecular complexity index is 448. The molecular formula is C15H21F4NO. The number of nitrogens with one attached hydrogen (secondary N) is 1. The molecule has 0 heterocycles. The minimum atomic E-state index is -4.69. The second kappa shape index (κ2) is 7.75. The summed E-state index contributed by atoms with van der Waals surface area (Å²) in [5.41, 5.74) is -0.811. The van der Waals surface area contributed by atoms with Crippen molar-refractivity contribution in [3.63, 3.8) is 0 Å². The van der Waals surface area contributed by atoms with Crippen LogP contribution in [-0.2, 0) is 10.9 Å². The molecule has 0 spiro atoms. The molecule has 0 saturated heterocycles. The Morgan fingerprint density at radius 1 is 1.29 bits per heavy atom. The van der Waals surface area contributed by atoms with Gasteiger partial charge in [-0.05, 0) is 44.0 Å². The van der Waals surface area contributed by atoms with Crippen molar-refractivity contribution in [2.75, 3.05) is 13.7 Å². The van der Waals surface area contributed by atoms with Crippen molar-refractivity contribution in [3.05, 3.63) is 35.1 Å². The predicted molar refractivity (Wildman–Crippen MR) is 73.5 cm³/mol. The van der Waals surface area contributed by atoms with E-state index in [1.54, 1.807) is 7.11 Å². The molecule has 0 aliphatic rings. The topological polar surface area (TPSA) is 21.3 Å². The predicted octanol–water partition coefficient (Wildman–Crippen LogP) is 4.31. The molecule has 1 aromatic carbocycles. The first kappa shape index (κ1) is 17.9. The van der Waals surface area contributed by atoms with Crippen LogP contribution in [0.3, 0.4) is 0 Å². The van der Waals surface area contributed by atoms with Crippen LogP contribution in [0.4, 0.5) is 17.6 Å². The van der Waals surface area contributed by atoms with Gasteiger partial charge in [-0.25, -0.2) is 4.39 Å². The average molecular weight is 307 g/mol. The molecule has 1 aromatic rings. The fourth-order valence-electron chi connectivity index (χ4n) is 2.06. The van der Waals surface area contributed by atoms with Gasteiger partial charge < -0.3 is 10.1 Å². The number of hydrogen-bond acceptors (Lipinski definition) is 2. The fraction of sp³-hybridized carbons (Fsp3) is 0.600. The van der Waals surface area contributed by atoms with E-state index in [4.69, 9.17) is 4.74 Å². The average Bonchev–Trinajstić information content (AvgIpc) is 2.42. The summed E-state index contributed by atoms with van der Waals surface area (Å²) in [7, 11) is 1.55. The van der Waals surface area contributed by atoms with E-state index in [0.29, 0.717) is 18.5 Å². The Balaban J connectivity index is 3.06. The normalized spacial score (nSPS) is 15.0. The van der Waals surface area contributed by atoms with E-state index in [1.807, 2.05) is 13.8 Å². The van der Waals surface area contributed by atoms with Gasteiger partial charge in [-0.1, -0.05) is 13.0 Å². The van der Waals surface area contributed by atoms with Crippen molar-refractivity contribution in [1.82, 2.24) is 5.32 Å². The molecule has 2 nitrogen and oxygen atoms in total. The molecule has 0 radical (unpaired) electrons. The van der Waals surface area contributed by atoms with Crippen LogP contribution < -0.4 is 5.32 Å². The summed E-state index contributed by atoms with van der Waals surface area (Å²) in [6, 6.07) is 2.84. The number of rotatable bonds is 7. The van der Waals surface area contributed by atoms with Gasteiger partial charge in [0.1, 0.15) is 5.82 Å². The van der Waals surface area contributed by atoms with Crippen molar-refractivity contribution in [2.45, 2.75) is 45.0 Å². The second-order valence-corrected chi connectivity index (χ2v) is 5.03. The molecule has 0 bridgehead atoms. The van der Waals surface area contributed by atoms with E-state index in [9.17, 15) is 17.6 Å². The summed E-state index contributed by atoms with van der Waals surface area (Å²) in [5, 5.41) is 3.18. The van der Waals surface area contributed by atoms with Crippen molar-refractivity contribution < 1.29 is 22.3 Å². The molecule has 0 aliphatic heterocycles. The first-order valence-electron chi connectivity index (χ1n) is 6.92. The Morgan fingerprint density at radius 2 is 1.95 bits per heavy atom. The smallest absolute Gasteiger partial charge is 0.382 e. The largest absolute Gasteiger partial charge is 0.419 e. The number of hydrogen-bond donors (Lipinski definition) is 1. The first-order chi connectivity index (χ1) is 9.79. The summed E-state index contributed by atoms with van der Waals surface area (Å²) in [4.78, 5) is 0. The molecule has 120 valence electrons. The summed E-state index contributed by atoms with van der Waals surface area (Å²) in [6.45, 7) is 4.48. The monoisotopic (exact) mass is 307 g/mol. The minimum absolute atomic E-state index is 0.112. The molecule has 2 unspecified atom stereocenters. The zero-order valence-corrected chi connectivity index (χ0v) is 12.4. The lowest BCUT2D eigenvalue weighted by atomic mass is 9.98. The van der Waals surface area contributed by atoms with Gasteiger partial charge >= 0.3 is 6.18 Å². The van der Waals surface area contributed by atoms with E-state index in [2.05, 4.69) is 5.32 Å². The molecule has 0 aromatic heterocycles. The van der Waals surface area contributed by atoms with Crippen LogP contribution in [0.25, 0.3) is 0 Å². The van der Waals surface area contributed by atoms with Crippen molar-refractivity contribution >= 4 is 0 Å². The van der Waals surface area contributed by atoms with Crippen LogP contribution >= 0.6 is 0 Å². The van der Waals surface area contributed by atoms with Crippen molar-refractivity contribution in [2.24, 2.45) is 0 Å². The number of methoxy groups -OCH3 is 1. The zero-order valence-electron chi connectivity index (χ0n) is 12.4. The highest BCUT2D eigenvalue weighted by Crippen LogP contribution is 2.33. The van der Waals surface area contributed by atoms with Crippen LogP contribution in [-0.4, -0.2) is 19.8 Å².